The Balaban J connectivity index is 1.46. The molecule has 124 valence electrons. The molecule has 1 aromatic heterocycles. The summed E-state index contributed by atoms with van der Waals surface area (Å²) in [5.74, 6) is 0.205. The highest BCUT2D eigenvalue weighted by Crippen LogP contribution is 2.25. The summed E-state index contributed by atoms with van der Waals surface area (Å²) in [4.78, 5) is 19.9. The molecule has 2 N–H and O–H groups in total. The van der Waals surface area contributed by atoms with Crippen LogP contribution >= 0.6 is 23.4 Å². The van der Waals surface area contributed by atoms with Gasteiger partial charge in [0.2, 0.25) is 5.91 Å². The predicted molar refractivity (Wildman–Crippen MR) is 104 cm³/mol. The second-order valence-electron chi connectivity index (χ2n) is 5.57. The Hall–Kier alpha value is -2.50. The van der Waals surface area contributed by atoms with Crippen LogP contribution in [0.4, 0.5) is 5.69 Å². The summed E-state index contributed by atoms with van der Waals surface area (Å²) >= 11 is 7.34. The molecule has 0 unspecified atom stereocenters. The number of thioether (sulfide) groups is 1. The predicted octanol–water partition coefficient (Wildman–Crippen LogP) is 5.10. The first-order chi connectivity index (χ1) is 12.2. The van der Waals surface area contributed by atoms with E-state index in [-0.39, 0.29) is 11.7 Å². The minimum Gasteiger partial charge on any atom is -0.333 e. The molecule has 6 heteroatoms. The fourth-order valence-electron chi connectivity index (χ4n) is 2.68. The number of nitrogens with one attached hydrogen (secondary N) is 2. The molecule has 25 heavy (non-hydrogen) atoms. The lowest BCUT2D eigenvalue weighted by Crippen LogP contribution is -2.14. The zero-order valence-corrected chi connectivity index (χ0v) is 14.7. The molecular weight excluding hydrogens is 354 g/mol. The molecular formula is C19H14ClN3OS. The van der Waals surface area contributed by atoms with Gasteiger partial charge in [-0.15, -0.1) is 0 Å². The standard InChI is InChI=1S/C19H14ClN3OS/c20-13-8-9-16-17(10-13)23-19(22-16)25-11-18(24)21-15-7-3-5-12-4-1-2-6-14(12)15/h1-10H,11H2,(H,21,24)(H,22,23). The normalized spacial score (nSPS) is 11.1. The van der Waals surface area contributed by atoms with Crippen LogP contribution in [0.25, 0.3) is 21.8 Å². The van der Waals surface area contributed by atoms with Gasteiger partial charge in [-0.3, -0.25) is 4.79 Å². The van der Waals surface area contributed by atoms with Crippen LogP contribution in [0.15, 0.2) is 65.8 Å². The first-order valence-electron chi connectivity index (χ1n) is 7.75. The van der Waals surface area contributed by atoms with E-state index < -0.39 is 0 Å². The van der Waals surface area contributed by atoms with Crippen LogP contribution in [0, 0.1) is 0 Å². The maximum Gasteiger partial charge on any atom is 0.234 e. The Morgan fingerprint density at radius 3 is 2.88 bits per heavy atom. The van der Waals surface area contributed by atoms with E-state index in [0.717, 1.165) is 27.5 Å². The molecule has 0 fully saturated rings. The number of benzene rings is 3. The Labute approximate surface area is 153 Å². The van der Waals surface area contributed by atoms with Crippen molar-refractivity contribution in [2.24, 2.45) is 0 Å². The van der Waals surface area contributed by atoms with Crippen molar-refractivity contribution >= 4 is 56.8 Å². The second kappa shape index (κ2) is 6.78. The summed E-state index contributed by atoms with van der Waals surface area (Å²) in [6, 6.07) is 19.3. The van der Waals surface area contributed by atoms with Crippen molar-refractivity contribution < 1.29 is 4.79 Å². The minimum atomic E-state index is -0.0696. The number of anilines is 1. The highest BCUT2D eigenvalue weighted by molar-refractivity contribution is 7.99. The van der Waals surface area contributed by atoms with Crippen LogP contribution in [0.1, 0.15) is 0 Å². The van der Waals surface area contributed by atoms with Crippen LogP contribution in [0.5, 0.6) is 0 Å². The quantitative estimate of drug-likeness (QED) is 0.493. The number of hydrogen-bond donors (Lipinski definition) is 2. The summed E-state index contributed by atoms with van der Waals surface area (Å²) in [7, 11) is 0. The number of hydrogen-bond acceptors (Lipinski definition) is 3. The van der Waals surface area contributed by atoms with Crippen LogP contribution < -0.4 is 5.32 Å². The van der Waals surface area contributed by atoms with Gasteiger partial charge in [-0.1, -0.05) is 59.8 Å². The molecule has 4 aromatic rings. The van der Waals surface area contributed by atoms with Crippen LogP contribution in [-0.4, -0.2) is 21.6 Å². The number of rotatable bonds is 4. The van der Waals surface area contributed by atoms with E-state index in [4.69, 9.17) is 11.6 Å². The minimum absolute atomic E-state index is 0.0696. The fraction of sp³-hybridized carbons (Fsp3) is 0.0526. The molecule has 0 spiro atoms. The van der Waals surface area contributed by atoms with E-state index in [1.807, 2.05) is 54.6 Å². The van der Waals surface area contributed by atoms with Gasteiger partial charge in [-0.2, -0.15) is 0 Å². The van der Waals surface area contributed by atoms with Crippen molar-refractivity contribution in [3.05, 3.63) is 65.7 Å². The molecule has 0 aliphatic rings. The zero-order valence-electron chi connectivity index (χ0n) is 13.1. The molecule has 4 nitrogen and oxygen atoms in total. The van der Waals surface area contributed by atoms with Crippen molar-refractivity contribution in [3.8, 4) is 0 Å². The maximum absolute atomic E-state index is 12.3. The molecule has 0 radical (unpaired) electrons. The van der Waals surface area contributed by atoms with Gasteiger partial charge in [0, 0.05) is 16.1 Å². The lowest BCUT2D eigenvalue weighted by molar-refractivity contribution is -0.113. The molecule has 0 bridgehead atoms. The largest absolute Gasteiger partial charge is 0.333 e. The van der Waals surface area contributed by atoms with E-state index in [2.05, 4.69) is 15.3 Å². The average Bonchev–Trinajstić information content (AvgIpc) is 3.02. The number of H-pyrrole nitrogens is 1. The highest BCUT2D eigenvalue weighted by Gasteiger charge is 2.09. The SMILES string of the molecule is O=C(CSc1nc2ccc(Cl)cc2[nH]1)Nc1cccc2ccccc12. The average molecular weight is 368 g/mol. The molecule has 1 amide bonds. The summed E-state index contributed by atoms with van der Waals surface area (Å²) in [5, 5.41) is 6.46. The molecule has 4 rings (SSSR count). The van der Waals surface area contributed by atoms with Crippen LogP contribution in [0.3, 0.4) is 0 Å². The van der Waals surface area contributed by atoms with Gasteiger partial charge in [-0.25, -0.2) is 4.98 Å². The van der Waals surface area contributed by atoms with Crippen molar-refractivity contribution in [2.45, 2.75) is 5.16 Å². The molecule has 0 aliphatic carbocycles. The number of imidazole rings is 1. The topological polar surface area (TPSA) is 57.8 Å². The van der Waals surface area contributed by atoms with Gasteiger partial charge < -0.3 is 10.3 Å². The Kier molecular flexibility index (Phi) is 4.34. The summed E-state index contributed by atoms with van der Waals surface area (Å²) in [5.41, 5.74) is 2.52. The Morgan fingerprint density at radius 2 is 1.96 bits per heavy atom. The fourth-order valence-corrected chi connectivity index (χ4v) is 3.54. The number of carbonyl (C=O) groups is 1. The van der Waals surface area contributed by atoms with E-state index >= 15 is 0 Å². The molecule has 0 saturated carbocycles. The summed E-state index contributed by atoms with van der Waals surface area (Å²) < 4.78 is 0. The number of aromatic nitrogens is 2. The van der Waals surface area contributed by atoms with Gasteiger partial charge in [0.1, 0.15) is 0 Å². The number of halogens is 1. The van der Waals surface area contributed by atoms with Crippen molar-refractivity contribution in [1.82, 2.24) is 9.97 Å². The third-order valence-corrected chi connectivity index (χ3v) is 4.93. The van der Waals surface area contributed by atoms with Gasteiger partial charge in [-0.05, 0) is 29.7 Å². The van der Waals surface area contributed by atoms with E-state index in [0.29, 0.717) is 10.2 Å². The molecule has 1 heterocycles. The van der Waals surface area contributed by atoms with Gasteiger partial charge >= 0.3 is 0 Å². The van der Waals surface area contributed by atoms with Crippen molar-refractivity contribution in [3.63, 3.8) is 0 Å². The van der Waals surface area contributed by atoms with Gasteiger partial charge in [0.25, 0.3) is 0 Å². The van der Waals surface area contributed by atoms with Crippen molar-refractivity contribution in [1.29, 1.82) is 0 Å². The second-order valence-corrected chi connectivity index (χ2v) is 6.97. The molecule has 0 saturated heterocycles. The third-order valence-electron chi connectivity index (χ3n) is 3.83. The van der Waals surface area contributed by atoms with Gasteiger partial charge in [0.15, 0.2) is 5.16 Å². The first-order valence-corrected chi connectivity index (χ1v) is 9.11. The van der Waals surface area contributed by atoms with E-state index in [1.54, 1.807) is 6.07 Å². The number of carbonyl (C=O) groups excluding carboxylic acids is 1. The first kappa shape index (κ1) is 16.0. The van der Waals surface area contributed by atoms with Crippen molar-refractivity contribution in [2.75, 3.05) is 11.1 Å². The summed E-state index contributed by atoms with van der Waals surface area (Å²) in [6.07, 6.45) is 0. The third kappa shape index (κ3) is 3.48. The lowest BCUT2D eigenvalue weighted by atomic mass is 10.1. The smallest absolute Gasteiger partial charge is 0.234 e. The lowest BCUT2D eigenvalue weighted by Gasteiger charge is -2.08. The number of nitrogens with zero attached hydrogens (tertiary/aromatic N) is 1. The number of aromatic amines is 1. The monoisotopic (exact) mass is 367 g/mol. The van der Waals surface area contributed by atoms with Crippen LogP contribution in [0.2, 0.25) is 5.02 Å². The highest BCUT2D eigenvalue weighted by atomic mass is 35.5. The van der Waals surface area contributed by atoms with Gasteiger partial charge in [0.05, 0.1) is 16.8 Å². The van der Waals surface area contributed by atoms with Crippen LogP contribution in [-0.2, 0) is 4.79 Å². The number of amides is 1. The zero-order chi connectivity index (χ0) is 17.2. The van der Waals surface area contributed by atoms with E-state index in [1.165, 1.54) is 11.8 Å². The maximum atomic E-state index is 12.3. The molecule has 0 aliphatic heterocycles. The Bertz CT molecular complexity index is 1070. The van der Waals surface area contributed by atoms with E-state index in [9.17, 15) is 4.79 Å². The molecule has 0 atom stereocenters. The Morgan fingerprint density at radius 1 is 1.12 bits per heavy atom. The number of fused-ring (bicyclic) bond motifs is 2. The molecule has 3 aromatic carbocycles. The summed E-state index contributed by atoms with van der Waals surface area (Å²) in [6.45, 7) is 0.